The topological polar surface area (TPSA) is 58.6 Å². The lowest BCUT2D eigenvalue weighted by Crippen LogP contribution is -2.30. The van der Waals surface area contributed by atoms with Crippen LogP contribution in [0.25, 0.3) is 0 Å². The fourth-order valence-electron chi connectivity index (χ4n) is 2.10. The average Bonchev–Trinajstić information content (AvgIpc) is 2.54. The van der Waals surface area contributed by atoms with Gasteiger partial charge in [-0.05, 0) is 18.1 Å². The lowest BCUT2D eigenvalue weighted by molar-refractivity contribution is 0.133. The van der Waals surface area contributed by atoms with Crippen LogP contribution in [-0.2, 0) is 11.3 Å². The molecule has 1 unspecified atom stereocenters. The average molecular weight is 303 g/mol. The molecule has 2 aromatic carbocycles. The Balaban J connectivity index is 1.96. The van der Waals surface area contributed by atoms with Gasteiger partial charge in [0.2, 0.25) is 0 Å². The number of carbonyl (C=O) groups is 1. The number of nitrogens with one attached hydrogen (secondary N) is 1. The van der Waals surface area contributed by atoms with Gasteiger partial charge >= 0.3 is 6.09 Å². The first-order valence-corrected chi connectivity index (χ1v) is 7.03. The number of hydrogen-bond donors (Lipinski definition) is 2. The van der Waals surface area contributed by atoms with Crippen molar-refractivity contribution in [1.29, 1.82) is 0 Å². The second-order valence-corrected chi connectivity index (χ2v) is 4.79. The fraction of sp³-hybridized carbons (Fsp3) is 0.235. The van der Waals surface area contributed by atoms with Crippen LogP contribution in [0.2, 0.25) is 0 Å². The molecule has 0 spiro atoms. The molecule has 1 atom stereocenters. The highest BCUT2D eigenvalue weighted by Gasteiger charge is 2.18. The van der Waals surface area contributed by atoms with E-state index in [1.807, 2.05) is 30.3 Å². The van der Waals surface area contributed by atoms with Gasteiger partial charge in [0.05, 0.1) is 6.04 Å². The number of benzene rings is 2. The number of aliphatic hydroxyl groups is 1. The second-order valence-electron chi connectivity index (χ2n) is 4.79. The third-order valence-corrected chi connectivity index (χ3v) is 3.20. The highest BCUT2D eigenvalue weighted by Crippen LogP contribution is 2.20. The van der Waals surface area contributed by atoms with Crippen LogP contribution in [0.4, 0.5) is 9.18 Å². The minimum atomic E-state index is -0.648. The van der Waals surface area contributed by atoms with Crippen molar-refractivity contribution >= 4 is 6.09 Å². The molecule has 22 heavy (non-hydrogen) atoms. The van der Waals surface area contributed by atoms with Crippen molar-refractivity contribution in [2.75, 3.05) is 6.61 Å². The zero-order chi connectivity index (χ0) is 15.8. The van der Waals surface area contributed by atoms with Gasteiger partial charge in [-0.3, -0.25) is 0 Å². The molecule has 2 rings (SSSR count). The Morgan fingerprint density at radius 1 is 1.14 bits per heavy atom. The van der Waals surface area contributed by atoms with Gasteiger partial charge in [0.15, 0.2) is 0 Å². The Morgan fingerprint density at radius 3 is 2.50 bits per heavy atom. The van der Waals surface area contributed by atoms with Crippen LogP contribution >= 0.6 is 0 Å². The number of carbonyl (C=O) groups excluding carboxylic acids is 1. The van der Waals surface area contributed by atoms with Crippen LogP contribution in [0.15, 0.2) is 54.6 Å². The molecule has 0 radical (unpaired) electrons. The quantitative estimate of drug-likeness (QED) is 0.861. The Kier molecular flexibility index (Phi) is 5.91. The van der Waals surface area contributed by atoms with Crippen molar-refractivity contribution in [3.05, 3.63) is 71.5 Å². The summed E-state index contributed by atoms with van der Waals surface area (Å²) in [5.41, 5.74) is 1.19. The standard InChI is InChI=1S/C17H18FNO3/c18-15-9-5-4-8-14(15)16(10-11-20)19-17(21)22-12-13-6-2-1-3-7-13/h1-9,16,20H,10-12H2,(H,19,21). The molecule has 0 aliphatic carbocycles. The second kappa shape index (κ2) is 8.14. The van der Waals surface area contributed by atoms with E-state index in [1.165, 1.54) is 6.07 Å². The summed E-state index contributed by atoms with van der Waals surface area (Å²) in [5, 5.41) is 11.7. The van der Waals surface area contributed by atoms with E-state index in [0.29, 0.717) is 5.56 Å². The SMILES string of the molecule is O=C(NC(CCO)c1ccccc1F)OCc1ccccc1. The number of hydrogen-bond acceptors (Lipinski definition) is 3. The molecular weight excluding hydrogens is 285 g/mol. The maximum Gasteiger partial charge on any atom is 0.407 e. The van der Waals surface area contributed by atoms with Crippen molar-refractivity contribution < 1.29 is 19.0 Å². The van der Waals surface area contributed by atoms with Crippen molar-refractivity contribution in [2.24, 2.45) is 0 Å². The summed E-state index contributed by atoms with van der Waals surface area (Å²) in [6.07, 6.45) is -0.438. The summed E-state index contributed by atoms with van der Waals surface area (Å²) >= 11 is 0. The van der Waals surface area contributed by atoms with Crippen LogP contribution in [0.5, 0.6) is 0 Å². The lowest BCUT2D eigenvalue weighted by Gasteiger charge is -2.18. The normalized spacial score (nSPS) is 11.7. The van der Waals surface area contributed by atoms with Crippen LogP contribution in [0.3, 0.4) is 0 Å². The van der Waals surface area contributed by atoms with Crippen molar-refractivity contribution in [2.45, 2.75) is 19.1 Å². The van der Waals surface area contributed by atoms with Crippen LogP contribution in [0.1, 0.15) is 23.6 Å². The van der Waals surface area contributed by atoms with Gasteiger partial charge in [0.25, 0.3) is 0 Å². The third-order valence-electron chi connectivity index (χ3n) is 3.20. The van der Waals surface area contributed by atoms with E-state index in [1.54, 1.807) is 18.2 Å². The molecule has 4 nitrogen and oxygen atoms in total. The first kappa shape index (κ1) is 16.0. The van der Waals surface area contributed by atoms with Gasteiger partial charge in [-0.2, -0.15) is 0 Å². The molecule has 1 amide bonds. The number of amides is 1. The zero-order valence-electron chi connectivity index (χ0n) is 12.0. The van der Waals surface area contributed by atoms with E-state index >= 15 is 0 Å². The fourth-order valence-corrected chi connectivity index (χ4v) is 2.10. The maximum atomic E-state index is 13.8. The lowest BCUT2D eigenvalue weighted by atomic mass is 10.0. The van der Waals surface area contributed by atoms with Gasteiger partial charge < -0.3 is 15.2 Å². The monoisotopic (exact) mass is 303 g/mol. The summed E-state index contributed by atoms with van der Waals surface area (Å²) in [4.78, 5) is 11.8. The molecule has 2 aromatic rings. The number of rotatable bonds is 6. The number of alkyl carbamates (subject to hydrolysis) is 1. The minimum Gasteiger partial charge on any atom is -0.445 e. The van der Waals surface area contributed by atoms with Gasteiger partial charge in [0, 0.05) is 12.2 Å². The van der Waals surface area contributed by atoms with Crippen molar-refractivity contribution in [3.8, 4) is 0 Å². The minimum absolute atomic E-state index is 0.135. The number of aliphatic hydroxyl groups excluding tert-OH is 1. The van der Waals surface area contributed by atoms with Gasteiger partial charge in [-0.25, -0.2) is 9.18 Å². The molecule has 0 heterocycles. The predicted octanol–water partition coefficient (Wildman–Crippen LogP) is 3.18. The van der Waals surface area contributed by atoms with Crippen LogP contribution < -0.4 is 5.32 Å². The van der Waals surface area contributed by atoms with E-state index in [2.05, 4.69) is 5.32 Å². The largest absolute Gasteiger partial charge is 0.445 e. The Labute approximate surface area is 128 Å². The Hall–Kier alpha value is -2.40. The molecular formula is C17H18FNO3. The third kappa shape index (κ3) is 4.56. The molecule has 2 N–H and O–H groups in total. The van der Waals surface area contributed by atoms with Gasteiger partial charge in [0.1, 0.15) is 12.4 Å². The van der Waals surface area contributed by atoms with Crippen molar-refractivity contribution in [3.63, 3.8) is 0 Å². The van der Waals surface area contributed by atoms with E-state index in [4.69, 9.17) is 9.84 Å². The maximum absolute atomic E-state index is 13.8. The predicted molar refractivity (Wildman–Crippen MR) is 80.6 cm³/mol. The smallest absolute Gasteiger partial charge is 0.407 e. The van der Waals surface area contributed by atoms with Crippen molar-refractivity contribution in [1.82, 2.24) is 5.32 Å². The van der Waals surface area contributed by atoms with E-state index in [0.717, 1.165) is 5.56 Å². The van der Waals surface area contributed by atoms with Crippen LogP contribution in [0, 0.1) is 5.82 Å². The molecule has 0 aromatic heterocycles. The van der Waals surface area contributed by atoms with E-state index in [9.17, 15) is 9.18 Å². The highest BCUT2D eigenvalue weighted by molar-refractivity contribution is 5.68. The molecule has 0 saturated carbocycles. The van der Waals surface area contributed by atoms with E-state index < -0.39 is 18.0 Å². The summed E-state index contributed by atoms with van der Waals surface area (Å²) in [6, 6.07) is 14.8. The Bertz CT molecular complexity index is 604. The molecule has 0 aliphatic rings. The molecule has 0 bridgehead atoms. The zero-order valence-corrected chi connectivity index (χ0v) is 12.0. The molecule has 0 saturated heterocycles. The summed E-state index contributed by atoms with van der Waals surface area (Å²) in [7, 11) is 0. The highest BCUT2D eigenvalue weighted by atomic mass is 19.1. The first-order chi connectivity index (χ1) is 10.7. The summed E-state index contributed by atoms with van der Waals surface area (Å²) in [5.74, 6) is -0.427. The van der Waals surface area contributed by atoms with Crippen LogP contribution in [-0.4, -0.2) is 17.8 Å². The Morgan fingerprint density at radius 2 is 1.82 bits per heavy atom. The number of ether oxygens (including phenoxy) is 1. The molecule has 0 aliphatic heterocycles. The van der Waals surface area contributed by atoms with E-state index in [-0.39, 0.29) is 19.6 Å². The van der Waals surface area contributed by atoms with Gasteiger partial charge in [-0.15, -0.1) is 0 Å². The first-order valence-electron chi connectivity index (χ1n) is 7.03. The number of halogens is 1. The molecule has 0 fully saturated rings. The summed E-state index contributed by atoms with van der Waals surface area (Å²) < 4.78 is 18.9. The summed E-state index contributed by atoms with van der Waals surface area (Å²) in [6.45, 7) is -0.0340. The molecule has 116 valence electrons. The van der Waals surface area contributed by atoms with Gasteiger partial charge in [-0.1, -0.05) is 48.5 Å². The molecule has 5 heteroatoms.